The van der Waals surface area contributed by atoms with Crippen LogP contribution >= 0.6 is 0 Å². The first-order chi connectivity index (χ1) is 7.59. The molecule has 0 radical (unpaired) electrons. The Morgan fingerprint density at radius 2 is 1.75 bits per heavy atom. The highest BCUT2D eigenvalue weighted by Gasteiger charge is 2.12. The molecule has 0 unspecified atom stereocenters. The molecule has 1 rings (SSSR count). The summed E-state index contributed by atoms with van der Waals surface area (Å²) in [4.78, 5) is 33.2. The van der Waals surface area contributed by atoms with E-state index in [1.807, 2.05) is 0 Å². The van der Waals surface area contributed by atoms with Gasteiger partial charge in [-0.15, -0.1) is 0 Å². The fraction of sp³-hybridized carbons (Fsp3) is 0.250. The van der Waals surface area contributed by atoms with Gasteiger partial charge in [0.05, 0.1) is 0 Å². The molecule has 1 aromatic rings. The fourth-order valence-corrected chi connectivity index (χ4v) is 1.09. The Hall–Kier alpha value is -1.97. The van der Waals surface area contributed by atoms with Gasteiger partial charge >= 0.3 is 5.97 Å². The average molecular weight is 220 g/mol. The largest absolute Gasteiger partial charge is 0.457 e. The molecule has 0 heterocycles. The van der Waals surface area contributed by atoms with Crippen LogP contribution in [0.1, 0.15) is 23.7 Å². The minimum Gasteiger partial charge on any atom is -0.457 e. The van der Waals surface area contributed by atoms with E-state index in [-0.39, 0.29) is 24.6 Å². The predicted molar refractivity (Wildman–Crippen MR) is 57.0 cm³/mol. The molecule has 0 spiro atoms. The zero-order valence-electron chi connectivity index (χ0n) is 8.93. The van der Waals surface area contributed by atoms with E-state index >= 15 is 0 Å². The summed E-state index contributed by atoms with van der Waals surface area (Å²) in [7, 11) is 0. The molecule has 84 valence electrons. The molecule has 0 aliphatic carbocycles. The Morgan fingerprint density at radius 3 is 2.31 bits per heavy atom. The van der Waals surface area contributed by atoms with E-state index in [9.17, 15) is 14.4 Å². The quantitative estimate of drug-likeness (QED) is 0.427. The summed E-state index contributed by atoms with van der Waals surface area (Å²) in [6, 6.07) is 8.47. The van der Waals surface area contributed by atoms with Crippen LogP contribution in [0.25, 0.3) is 0 Å². The van der Waals surface area contributed by atoms with Crippen LogP contribution < -0.4 is 0 Å². The van der Waals surface area contributed by atoms with Gasteiger partial charge in [-0.05, 0) is 6.92 Å². The van der Waals surface area contributed by atoms with E-state index in [1.165, 1.54) is 6.92 Å². The molecule has 0 saturated heterocycles. The van der Waals surface area contributed by atoms with Gasteiger partial charge < -0.3 is 4.74 Å². The van der Waals surface area contributed by atoms with Crippen molar-refractivity contribution < 1.29 is 19.1 Å². The highest BCUT2D eigenvalue weighted by Crippen LogP contribution is 2.03. The zero-order valence-corrected chi connectivity index (χ0v) is 8.93. The minimum absolute atomic E-state index is 0.250. The van der Waals surface area contributed by atoms with Gasteiger partial charge in [0.2, 0.25) is 0 Å². The van der Waals surface area contributed by atoms with Crippen molar-refractivity contribution in [1.82, 2.24) is 0 Å². The highest BCUT2D eigenvalue weighted by atomic mass is 16.5. The first-order valence-corrected chi connectivity index (χ1v) is 4.83. The second-order valence-corrected chi connectivity index (χ2v) is 3.33. The molecule has 0 amide bonds. The van der Waals surface area contributed by atoms with Gasteiger partial charge in [-0.1, -0.05) is 30.3 Å². The topological polar surface area (TPSA) is 60.4 Å². The second kappa shape index (κ2) is 5.80. The molecule has 0 aliphatic rings. The maximum Gasteiger partial charge on any atom is 0.314 e. The molecule has 4 nitrogen and oxygen atoms in total. The van der Waals surface area contributed by atoms with Gasteiger partial charge in [-0.25, -0.2) is 0 Å². The monoisotopic (exact) mass is 220 g/mol. The number of hydrogen-bond donors (Lipinski definition) is 0. The Balaban J connectivity index is 2.46. The lowest BCUT2D eigenvalue weighted by atomic mass is 10.1. The molecule has 0 N–H and O–H groups in total. The van der Waals surface area contributed by atoms with Gasteiger partial charge in [-0.3, -0.25) is 14.4 Å². The molecular weight excluding hydrogens is 208 g/mol. The molecule has 16 heavy (non-hydrogen) atoms. The van der Waals surface area contributed by atoms with Gasteiger partial charge in [0.25, 0.3) is 0 Å². The van der Waals surface area contributed by atoms with E-state index in [1.54, 1.807) is 30.3 Å². The third-order valence-electron chi connectivity index (χ3n) is 1.84. The van der Waals surface area contributed by atoms with Crippen molar-refractivity contribution in [3.63, 3.8) is 0 Å². The van der Waals surface area contributed by atoms with Gasteiger partial charge in [0.1, 0.15) is 13.0 Å². The number of esters is 1. The normalized spacial score (nSPS) is 9.56. The first-order valence-electron chi connectivity index (χ1n) is 4.83. The summed E-state index contributed by atoms with van der Waals surface area (Å²) in [5, 5.41) is 0. The van der Waals surface area contributed by atoms with E-state index in [0.29, 0.717) is 5.56 Å². The van der Waals surface area contributed by atoms with E-state index in [4.69, 9.17) is 0 Å². The second-order valence-electron chi connectivity index (χ2n) is 3.33. The molecule has 0 aromatic heterocycles. The van der Waals surface area contributed by atoms with Crippen molar-refractivity contribution in [3.05, 3.63) is 35.9 Å². The molecule has 1 aromatic carbocycles. The summed E-state index contributed by atoms with van der Waals surface area (Å²) >= 11 is 0. The third-order valence-corrected chi connectivity index (χ3v) is 1.84. The van der Waals surface area contributed by atoms with Crippen molar-refractivity contribution in [3.8, 4) is 0 Å². The van der Waals surface area contributed by atoms with Crippen LogP contribution in [0.5, 0.6) is 0 Å². The number of rotatable bonds is 5. The maximum atomic E-state index is 11.5. The number of benzene rings is 1. The van der Waals surface area contributed by atoms with Crippen LogP contribution in [0, 0.1) is 0 Å². The van der Waals surface area contributed by atoms with E-state index in [2.05, 4.69) is 4.74 Å². The number of carbonyl (C=O) groups is 3. The zero-order chi connectivity index (χ0) is 12.0. The molecule has 4 heteroatoms. The lowest BCUT2D eigenvalue weighted by Crippen LogP contribution is -2.15. The fourth-order valence-electron chi connectivity index (χ4n) is 1.09. The number of Topliss-reactive ketones (excluding diaryl/α,β-unsaturated/α-hetero) is 2. The number of ether oxygens (including phenoxy) is 1. The molecule has 0 saturated carbocycles. The molecular formula is C12H12O4. The first kappa shape index (κ1) is 12.1. The van der Waals surface area contributed by atoms with Gasteiger partial charge in [-0.2, -0.15) is 0 Å². The van der Waals surface area contributed by atoms with Gasteiger partial charge in [0, 0.05) is 5.56 Å². The van der Waals surface area contributed by atoms with E-state index < -0.39 is 5.97 Å². The maximum absolute atomic E-state index is 11.5. The standard InChI is InChI=1S/C12H12O4/c1-9(13)8-16-12(15)7-11(14)10-5-3-2-4-6-10/h2-6H,7-8H2,1H3. The van der Waals surface area contributed by atoms with Gasteiger partial charge in [0.15, 0.2) is 11.6 Å². The number of hydrogen-bond acceptors (Lipinski definition) is 4. The van der Waals surface area contributed by atoms with Crippen molar-refractivity contribution in [2.24, 2.45) is 0 Å². The van der Waals surface area contributed by atoms with Crippen LogP contribution in [0.15, 0.2) is 30.3 Å². The van der Waals surface area contributed by atoms with Crippen molar-refractivity contribution in [2.45, 2.75) is 13.3 Å². The van der Waals surface area contributed by atoms with E-state index in [0.717, 1.165) is 0 Å². The SMILES string of the molecule is CC(=O)COC(=O)CC(=O)c1ccccc1. The van der Waals surface area contributed by atoms with Crippen LogP contribution in [0.3, 0.4) is 0 Å². The Morgan fingerprint density at radius 1 is 1.12 bits per heavy atom. The van der Waals surface area contributed by atoms with Crippen LogP contribution in [-0.2, 0) is 14.3 Å². The summed E-state index contributed by atoms with van der Waals surface area (Å²) in [5.41, 5.74) is 0.460. The third kappa shape index (κ3) is 4.04. The smallest absolute Gasteiger partial charge is 0.314 e. The predicted octanol–water partition coefficient (Wildman–Crippen LogP) is 1.39. The molecule has 0 aliphatic heterocycles. The Bertz CT molecular complexity index is 395. The minimum atomic E-state index is -0.677. The summed E-state index contributed by atoms with van der Waals surface area (Å²) in [6.45, 7) is 1.03. The summed E-state index contributed by atoms with van der Waals surface area (Å²) in [6.07, 6.45) is -0.336. The average Bonchev–Trinajstić information content (AvgIpc) is 2.27. The van der Waals surface area contributed by atoms with Crippen LogP contribution in [0.4, 0.5) is 0 Å². The van der Waals surface area contributed by atoms with Crippen LogP contribution in [0.2, 0.25) is 0 Å². The number of ketones is 2. The summed E-state index contributed by atoms with van der Waals surface area (Å²) < 4.78 is 4.59. The molecule has 0 atom stereocenters. The van der Waals surface area contributed by atoms with Crippen molar-refractivity contribution in [2.75, 3.05) is 6.61 Å². The summed E-state index contributed by atoms with van der Waals surface area (Å²) in [5.74, 6) is -1.24. The Labute approximate surface area is 93.2 Å². The number of carbonyl (C=O) groups excluding carboxylic acids is 3. The molecule has 0 bridgehead atoms. The highest BCUT2D eigenvalue weighted by molar-refractivity contribution is 6.06. The molecule has 0 fully saturated rings. The van der Waals surface area contributed by atoms with Crippen molar-refractivity contribution >= 4 is 17.5 Å². The van der Waals surface area contributed by atoms with Crippen LogP contribution in [-0.4, -0.2) is 24.1 Å². The van der Waals surface area contributed by atoms with Crippen molar-refractivity contribution in [1.29, 1.82) is 0 Å². The Kier molecular flexibility index (Phi) is 4.39. The lowest BCUT2D eigenvalue weighted by Gasteiger charge is -2.01. The lowest BCUT2D eigenvalue weighted by molar-refractivity contribution is -0.146.